The summed E-state index contributed by atoms with van der Waals surface area (Å²) in [5, 5.41) is 0. The van der Waals surface area contributed by atoms with E-state index in [0.717, 1.165) is 19.4 Å². The van der Waals surface area contributed by atoms with Gasteiger partial charge in [-0.3, -0.25) is 4.79 Å². The molecule has 0 aliphatic heterocycles. The summed E-state index contributed by atoms with van der Waals surface area (Å²) in [7, 11) is 0. The molecule has 14 heavy (non-hydrogen) atoms. The van der Waals surface area contributed by atoms with E-state index in [9.17, 15) is 4.79 Å². The van der Waals surface area contributed by atoms with Crippen LogP contribution in [0.5, 0.6) is 0 Å². The molecule has 0 radical (unpaired) electrons. The van der Waals surface area contributed by atoms with Gasteiger partial charge in [-0.05, 0) is 19.4 Å². The highest BCUT2D eigenvalue weighted by molar-refractivity contribution is 5.36. The standard InChI is InChI=1S/C11H23NO2/c12-9-7-5-3-1-2-4-6-8-10-14-11-13/h11H,1-10,12H2. The van der Waals surface area contributed by atoms with Crippen LogP contribution in [0.2, 0.25) is 0 Å². The third-order valence-corrected chi connectivity index (χ3v) is 2.28. The molecule has 0 spiro atoms. The summed E-state index contributed by atoms with van der Waals surface area (Å²) in [5.74, 6) is 0. The van der Waals surface area contributed by atoms with Gasteiger partial charge in [0.05, 0.1) is 6.61 Å². The maximum atomic E-state index is 9.81. The van der Waals surface area contributed by atoms with Crippen molar-refractivity contribution in [1.29, 1.82) is 0 Å². The van der Waals surface area contributed by atoms with E-state index in [2.05, 4.69) is 4.74 Å². The second kappa shape index (κ2) is 12.4. The Hall–Kier alpha value is -0.570. The number of ether oxygens (including phenoxy) is 1. The van der Waals surface area contributed by atoms with Crippen LogP contribution in [-0.4, -0.2) is 19.6 Å². The first-order valence-corrected chi connectivity index (χ1v) is 5.67. The van der Waals surface area contributed by atoms with Gasteiger partial charge in [0.2, 0.25) is 0 Å². The summed E-state index contributed by atoms with van der Waals surface area (Å²) in [6, 6.07) is 0. The van der Waals surface area contributed by atoms with Gasteiger partial charge in [-0.2, -0.15) is 0 Å². The van der Waals surface area contributed by atoms with Gasteiger partial charge < -0.3 is 10.5 Å². The van der Waals surface area contributed by atoms with Crippen molar-refractivity contribution >= 4 is 6.47 Å². The van der Waals surface area contributed by atoms with Crippen molar-refractivity contribution < 1.29 is 9.53 Å². The molecule has 0 bridgehead atoms. The minimum Gasteiger partial charge on any atom is -0.468 e. The van der Waals surface area contributed by atoms with Gasteiger partial charge in [0.15, 0.2) is 0 Å². The van der Waals surface area contributed by atoms with Crippen LogP contribution < -0.4 is 5.73 Å². The van der Waals surface area contributed by atoms with Crippen molar-refractivity contribution in [2.75, 3.05) is 13.2 Å². The SMILES string of the molecule is NCCCCCCCCCCOC=O. The van der Waals surface area contributed by atoms with Gasteiger partial charge in [0, 0.05) is 0 Å². The molecule has 0 saturated heterocycles. The molecule has 0 heterocycles. The molecule has 3 nitrogen and oxygen atoms in total. The highest BCUT2D eigenvalue weighted by Crippen LogP contribution is 2.07. The van der Waals surface area contributed by atoms with Gasteiger partial charge in [-0.25, -0.2) is 0 Å². The van der Waals surface area contributed by atoms with E-state index in [-0.39, 0.29) is 0 Å². The second-order valence-electron chi connectivity index (χ2n) is 3.58. The Labute approximate surface area is 87.0 Å². The lowest BCUT2D eigenvalue weighted by Gasteiger charge is -2.01. The number of hydrogen-bond donors (Lipinski definition) is 1. The zero-order valence-electron chi connectivity index (χ0n) is 9.04. The number of carbonyl (C=O) groups excluding carboxylic acids is 1. The second-order valence-corrected chi connectivity index (χ2v) is 3.58. The van der Waals surface area contributed by atoms with Crippen LogP contribution in [0.1, 0.15) is 51.4 Å². The molecular weight excluding hydrogens is 178 g/mol. The average Bonchev–Trinajstić information content (AvgIpc) is 2.21. The number of carbonyl (C=O) groups is 1. The van der Waals surface area contributed by atoms with E-state index in [1.807, 2.05) is 0 Å². The fourth-order valence-electron chi connectivity index (χ4n) is 1.44. The fourth-order valence-corrected chi connectivity index (χ4v) is 1.44. The first kappa shape index (κ1) is 13.4. The van der Waals surface area contributed by atoms with Crippen molar-refractivity contribution in [3.05, 3.63) is 0 Å². The van der Waals surface area contributed by atoms with Crippen LogP contribution in [0.15, 0.2) is 0 Å². The third-order valence-electron chi connectivity index (χ3n) is 2.28. The Morgan fingerprint density at radius 2 is 1.36 bits per heavy atom. The van der Waals surface area contributed by atoms with E-state index in [1.165, 1.54) is 38.5 Å². The zero-order valence-corrected chi connectivity index (χ0v) is 9.04. The van der Waals surface area contributed by atoms with Crippen molar-refractivity contribution in [1.82, 2.24) is 0 Å². The number of unbranched alkanes of at least 4 members (excludes halogenated alkanes) is 7. The van der Waals surface area contributed by atoms with Gasteiger partial charge in [-0.1, -0.05) is 38.5 Å². The summed E-state index contributed by atoms with van der Waals surface area (Å²) in [6.07, 6.45) is 9.78. The molecule has 0 unspecified atom stereocenters. The molecule has 0 fully saturated rings. The van der Waals surface area contributed by atoms with Crippen molar-refractivity contribution in [3.8, 4) is 0 Å². The Morgan fingerprint density at radius 1 is 0.857 bits per heavy atom. The molecular formula is C11H23NO2. The summed E-state index contributed by atoms with van der Waals surface area (Å²) in [6.45, 7) is 1.92. The normalized spacial score (nSPS) is 10.1. The molecule has 0 atom stereocenters. The molecule has 0 saturated carbocycles. The smallest absolute Gasteiger partial charge is 0.293 e. The van der Waals surface area contributed by atoms with Crippen molar-refractivity contribution in [2.45, 2.75) is 51.4 Å². The largest absolute Gasteiger partial charge is 0.468 e. The van der Waals surface area contributed by atoms with E-state index in [4.69, 9.17) is 5.73 Å². The maximum Gasteiger partial charge on any atom is 0.293 e. The molecule has 84 valence electrons. The number of nitrogens with two attached hydrogens (primary N) is 1. The predicted molar refractivity (Wildman–Crippen MR) is 58.0 cm³/mol. The van der Waals surface area contributed by atoms with Gasteiger partial charge in [-0.15, -0.1) is 0 Å². The molecule has 0 rings (SSSR count). The summed E-state index contributed by atoms with van der Waals surface area (Å²) >= 11 is 0. The van der Waals surface area contributed by atoms with Crippen LogP contribution in [0.4, 0.5) is 0 Å². The zero-order chi connectivity index (χ0) is 10.5. The topological polar surface area (TPSA) is 52.3 Å². The molecule has 0 aromatic rings. The van der Waals surface area contributed by atoms with Crippen molar-refractivity contribution in [2.24, 2.45) is 5.73 Å². The first-order valence-electron chi connectivity index (χ1n) is 5.67. The van der Waals surface area contributed by atoms with Crippen LogP contribution in [0, 0.1) is 0 Å². The van der Waals surface area contributed by atoms with Gasteiger partial charge in [0.1, 0.15) is 0 Å². The lowest BCUT2D eigenvalue weighted by Crippen LogP contribution is -1.97. The molecule has 2 N–H and O–H groups in total. The Kier molecular flexibility index (Phi) is 11.9. The summed E-state index contributed by atoms with van der Waals surface area (Å²) in [4.78, 5) is 9.81. The van der Waals surface area contributed by atoms with Crippen molar-refractivity contribution in [3.63, 3.8) is 0 Å². The van der Waals surface area contributed by atoms with E-state index < -0.39 is 0 Å². The van der Waals surface area contributed by atoms with Gasteiger partial charge >= 0.3 is 0 Å². The average molecular weight is 201 g/mol. The molecule has 3 heteroatoms. The minimum atomic E-state index is 0.521. The molecule has 0 aliphatic rings. The molecule has 0 aliphatic carbocycles. The van der Waals surface area contributed by atoms with E-state index >= 15 is 0 Å². The highest BCUT2D eigenvalue weighted by Gasteiger charge is 1.91. The Balaban J connectivity index is 2.81. The quantitative estimate of drug-likeness (QED) is 0.412. The number of hydrogen-bond acceptors (Lipinski definition) is 3. The predicted octanol–water partition coefficient (Wildman–Crippen LogP) is 2.24. The summed E-state index contributed by atoms with van der Waals surface area (Å²) < 4.78 is 4.60. The highest BCUT2D eigenvalue weighted by atomic mass is 16.5. The third kappa shape index (κ3) is 11.4. The van der Waals surface area contributed by atoms with E-state index in [1.54, 1.807) is 0 Å². The van der Waals surface area contributed by atoms with Crippen LogP contribution >= 0.6 is 0 Å². The first-order chi connectivity index (χ1) is 6.91. The van der Waals surface area contributed by atoms with Crippen LogP contribution in [-0.2, 0) is 9.53 Å². The van der Waals surface area contributed by atoms with Crippen LogP contribution in [0.3, 0.4) is 0 Å². The summed E-state index contributed by atoms with van der Waals surface area (Å²) in [5.41, 5.74) is 5.40. The maximum absolute atomic E-state index is 9.81. The molecule has 0 amide bonds. The Bertz CT molecular complexity index is 118. The van der Waals surface area contributed by atoms with Gasteiger partial charge in [0.25, 0.3) is 6.47 Å². The van der Waals surface area contributed by atoms with Crippen LogP contribution in [0.25, 0.3) is 0 Å². The molecule has 0 aromatic heterocycles. The molecule has 0 aromatic carbocycles. The number of rotatable bonds is 11. The fraction of sp³-hybridized carbons (Fsp3) is 0.909. The lowest BCUT2D eigenvalue weighted by molar-refractivity contribution is -0.128. The Morgan fingerprint density at radius 3 is 1.86 bits per heavy atom. The minimum absolute atomic E-state index is 0.521. The van der Waals surface area contributed by atoms with E-state index in [0.29, 0.717) is 13.1 Å². The monoisotopic (exact) mass is 201 g/mol. The lowest BCUT2D eigenvalue weighted by atomic mass is 10.1.